The molecule has 0 saturated carbocycles. The van der Waals surface area contributed by atoms with Crippen molar-refractivity contribution in [3.63, 3.8) is 0 Å². The van der Waals surface area contributed by atoms with Gasteiger partial charge in [0.1, 0.15) is 0 Å². The molecule has 24 heavy (non-hydrogen) atoms. The Hall–Kier alpha value is -0.160. The van der Waals surface area contributed by atoms with E-state index in [9.17, 15) is 0 Å². The van der Waals surface area contributed by atoms with Crippen molar-refractivity contribution in [3.8, 4) is 0 Å². The third kappa shape index (κ3) is 18.2. The minimum atomic E-state index is 0.175. The van der Waals surface area contributed by atoms with E-state index in [0.29, 0.717) is 0 Å². The van der Waals surface area contributed by atoms with Crippen molar-refractivity contribution in [2.45, 2.75) is 103 Å². The number of unbranched alkanes of at least 4 members (excludes halogenated alkanes) is 10. The van der Waals surface area contributed by atoms with Crippen LogP contribution in [0.5, 0.6) is 0 Å². The molecular weight excluding hydrogens is 296 g/mol. The van der Waals surface area contributed by atoms with Gasteiger partial charge in [-0.15, -0.1) is 0 Å². The highest BCUT2D eigenvalue weighted by Gasteiger charge is 2.06. The largest absolute Gasteiger partial charge is 0.330 e. The van der Waals surface area contributed by atoms with E-state index in [0.717, 1.165) is 32.0 Å². The van der Waals surface area contributed by atoms with Gasteiger partial charge in [0.15, 0.2) is 0 Å². The molecule has 0 spiro atoms. The minimum Gasteiger partial charge on any atom is -0.330 e. The highest BCUT2D eigenvalue weighted by molar-refractivity contribution is 4.63. The van der Waals surface area contributed by atoms with E-state index in [-0.39, 0.29) is 6.17 Å². The molecule has 0 aliphatic rings. The summed E-state index contributed by atoms with van der Waals surface area (Å²) in [6.45, 7) is 5.07. The van der Waals surface area contributed by atoms with Crippen molar-refractivity contribution >= 4 is 0 Å². The molecule has 0 aromatic rings. The summed E-state index contributed by atoms with van der Waals surface area (Å²) in [5.41, 5.74) is 17.2. The maximum absolute atomic E-state index is 6.18. The number of hydrogen-bond acceptors (Lipinski definition) is 4. The van der Waals surface area contributed by atoms with E-state index in [1.54, 1.807) is 0 Å². The van der Waals surface area contributed by atoms with Gasteiger partial charge in [-0.2, -0.15) is 0 Å². The molecule has 0 amide bonds. The molecule has 0 bridgehead atoms. The molecule has 0 fully saturated rings. The predicted molar refractivity (Wildman–Crippen MR) is 108 cm³/mol. The topological polar surface area (TPSA) is 90.1 Å². The Morgan fingerprint density at radius 3 is 1.54 bits per heavy atom. The van der Waals surface area contributed by atoms with E-state index in [4.69, 9.17) is 17.2 Å². The van der Waals surface area contributed by atoms with Crippen LogP contribution in [0.3, 0.4) is 0 Å². The van der Waals surface area contributed by atoms with E-state index in [2.05, 4.69) is 12.2 Å². The molecule has 146 valence electrons. The Morgan fingerprint density at radius 2 is 1.04 bits per heavy atom. The van der Waals surface area contributed by atoms with Crippen molar-refractivity contribution in [2.24, 2.45) is 23.1 Å². The lowest BCUT2D eigenvalue weighted by Gasteiger charge is -2.17. The zero-order chi connectivity index (χ0) is 17.9. The number of hydrogen-bond donors (Lipinski definition) is 4. The summed E-state index contributed by atoms with van der Waals surface area (Å²) >= 11 is 0. The Labute approximate surface area is 151 Å². The summed E-state index contributed by atoms with van der Waals surface area (Å²) in [5, 5.41) is 3.51. The maximum Gasteiger partial charge on any atom is 0.0546 e. The van der Waals surface area contributed by atoms with Crippen LogP contribution in [0.1, 0.15) is 96.8 Å². The molecule has 2 unspecified atom stereocenters. The van der Waals surface area contributed by atoms with Crippen LogP contribution in [0.2, 0.25) is 0 Å². The number of rotatable bonds is 19. The van der Waals surface area contributed by atoms with Crippen LogP contribution in [-0.4, -0.2) is 25.8 Å². The Balaban J connectivity index is 3.30. The molecule has 4 heteroatoms. The molecule has 4 nitrogen and oxygen atoms in total. The van der Waals surface area contributed by atoms with Gasteiger partial charge in [0, 0.05) is 0 Å². The lowest BCUT2D eigenvalue weighted by atomic mass is 10.0. The first-order chi connectivity index (χ1) is 11.7. The molecule has 0 rings (SSSR count). The van der Waals surface area contributed by atoms with E-state index in [1.807, 2.05) is 0 Å². The van der Waals surface area contributed by atoms with Crippen LogP contribution in [0.15, 0.2) is 0 Å². The smallest absolute Gasteiger partial charge is 0.0546 e. The Morgan fingerprint density at radius 1 is 0.625 bits per heavy atom. The average Bonchev–Trinajstić information content (AvgIpc) is 2.58. The average molecular weight is 343 g/mol. The van der Waals surface area contributed by atoms with E-state index in [1.165, 1.54) is 83.5 Å². The fourth-order valence-corrected chi connectivity index (χ4v) is 3.12. The van der Waals surface area contributed by atoms with Gasteiger partial charge in [-0.25, -0.2) is 0 Å². The zero-order valence-electron chi connectivity index (χ0n) is 16.4. The molecule has 0 aliphatic carbocycles. The fourth-order valence-electron chi connectivity index (χ4n) is 3.12. The summed E-state index contributed by atoms with van der Waals surface area (Å²) in [7, 11) is 0. The summed E-state index contributed by atoms with van der Waals surface area (Å²) in [6, 6.07) is 0. The van der Waals surface area contributed by atoms with Crippen LogP contribution in [-0.2, 0) is 0 Å². The van der Waals surface area contributed by atoms with Gasteiger partial charge in [-0.3, -0.25) is 0 Å². The second-order valence-electron chi connectivity index (χ2n) is 7.52. The second kappa shape index (κ2) is 19.2. The van der Waals surface area contributed by atoms with Crippen LogP contribution in [0, 0.1) is 5.92 Å². The molecule has 0 aromatic carbocycles. The molecule has 2 atom stereocenters. The fraction of sp³-hybridized carbons (Fsp3) is 1.00. The van der Waals surface area contributed by atoms with Crippen molar-refractivity contribution in [3.05, 3.63) is 0 Å². The highest BCUT2D eigenvalue weighted by atomic mass is 15.0. The van der Waals surface area contributed by atoms with Gasteiger partial charge in [0.2, 0.25) is 0 Å². The number of nitrogens with one attached hydrogen (secondary N) is 1. The van der Waals surface area contributed by atoms with Crippen molar-refractivity contribution in [2.75, 3.05) is 19.6 Å². The SMILES string of the molecule is CC(CCCCCCCN)CNC(N)CCCCCCCCCN. The molecular formula is C20H46N4. The van der Waals surface area contributed by atoms with Crippen molar-refractivity contribution in [1.29, 1.82) is 0 Å². The maximum atomic E-state index is 6.18. The van der Waals surface area contributed by atoms with Gasteiger partial charge >= 0.3 is 0 Å². The second-order valence-corrected chi connectivity index (χ2v) is 7.52. The van der Waals surface area contributed by atoms with Crippen LogP contribution in [0.25, 0.3) is 0 Å². The Kier molecular flexibility index (Phi) is 19.0. The zero-order valence-corrected chi connectivity index (χ0v) is 16.4. The molecule has 0 saturated heterocycles. The van der Waals surface area contributed by atoms with Crippen molar-refractivity contribution in [1.82, 2.24) is 5.32 Å². The van der Waals surface area contributed by atoms with E-state index < -0.39 is 0 Å². The van der Waals surface area contributed by atoms with Crippen LogP contribution >= 0.6 is 0 Å². The number of nitrogens with two attached hydrogens (primary N) is 3. The molecule has 0 heterocycles. The summed E-state index contributed by atoms with van der Waals surface area (Å²) in [5.74, 6) is 0.730. The van der Waals surface area contributed by atoms with Gasteiger partial charge in [0.05, 0.1) is 6.17 Å². The van der Waals surface area contributed by atoms with Crippen molar-refractivity contribution < 1.29 is 0 Å². The third-order valence-corrected chi connectivity index (χ3v) is 4.85. The normalized spacial score (nSPS) is 14.0. The third-order valence-electron chi connectivity index (χ3n) is 4.85. The highest BCUT2D eigenvalue weighted by Crippen LogP contribution is 2.11. The summed E-state index contributed by atoms with van der Waals surface area (Å²) < 4.78 is 0. The standard InChI is InChI=1S/C20H46N4/c1-19(14-10-6-5-9-13-17-22)18-24-20(23)15-11-7-3-2-4-8-12-16-21/h19-20,24H,2-18,21-23H2,1H3. The van der Waals surface area contributed by atoms with Gasteiger partial charge in [-0.1, -0.05) is 71.1 Å². The lowest BCUT2D eigenvalue weighted by molar-refractivity contribution is 0.396. The van der Waals surface area contributed by atoms with Crippen LogP contribution in [0.4, 0.5) is 0 Å². The Bertz CT molecular complexity index is 236. The predicted octanol–water partition coefficient (Wildman–Crippen LogP) is 3.88. The first-order valence-electron chi connectivity index (χ1n) is 10.6. The van der Waals surface area contributed by atoms with Gasteiger partial charge in [0.25, 0.3) is 0 Å². The monoisotopic (exact) mass is 342 g/mol. The summed E-state index contributed by atoms with van der Waals surface area (Å²) in [4.78, 5) is 0. The molecule has 7 N–H and O–H groups in total. The molecule has 0 aliphatic heterocycles. The quantitative estimate of drug-likeness (QED) is 0.212. The van der Waals surface area contributed by atoms with Gasteiger partial charge in [-0.05, 0) is 51.2 Å². The van der Waals surface area contributed by atoms with E-state index >= 15 is 0 Å². The molecule has 0 radical (unpaired) electrons. The van der Waals surface area contributed by atoms with Gasteiger partial charge < -0.3 is 22.5 Å². The molecule has 0 aromatic heterocycles. The first kappa shape index (κ1) is 23.8. The minimum absolute atomic E-state index is 0.175. The van der Waals surface area contributed by atoms with Crippen LogP contribution < -0.4 is 22.5 Å². The summed E-state index contributed by atoms with van der Waals surface area (Å²) in [6.07, 6.45) is 18.2. The first-order valence-corrected chi connectivity index (χ1v) is 10.6. The lowest BCUT2D eigenvalue weighted by Crippen LogP contribution is -2.39.